The topological polar surface area (TPSA) is 41.5 Å². The van der Waals surface area contributed by atoms with Crippen LogP contribution in [0.4, 0.5) is 0 Å². The van der Waals surface area contributed by atoms with Crippen molar-refractivity contribution >= 4 is 0 Å². The van der Waals surface area contributed by atoms with E-state index in [1.54, 1.807) is 0 Å². The van der Waals surface area contributed by atoms with Gasteiger partial charge in [-0.05, 0) is 6.42 Å². The van der Waals surface area contributed by atoms with Crippen molar-refractivity contribution in [3.63, 3.8) is 0 Å². The molecule has 0 amide bonds. The van der Waals surface area contributed by atoms with Crippen molar-refractivity contribution in [1.82, 2.24) is 5.32 Å². The second-order valence-electron chi connectivity index (χ2n) is 4.11. The van der Waals surface area contributed by atoms with Crippen LogP contribution in [0, 0.1) is 5.41 Å². The van der Waals surface area contributed by atoms with Crippen LogP contribution in [-0.2, 0) is 4.74 Å². The van der Waals surface area contributed by atoms with E-state index in [0.717, 1.165) is 32.7 Å². The van der Waals surface area contributed by atoms with E-state index in [0.29, 0.717) is 0 Å². The molecule has 0 saturated heterocycles. The Bertz CT molecular complexity index is 115. The molecule has 0 bridgehead atoms. The van der Waals surface area contributed by atoms with Crippen LogP contribution in [0.25, 0.3) is 0 Å². The fourth-order valence-corrected chi connectivity index (χ4v) is 0.873. The van der Waals surface area contributed by atoms with Crippen LogP contribution in [0.2, 0.25) is 0 Å². The van der Waals surface area contributed by atoms with Gasteiger partial charge >= 0.3 is 0 Å². The highest BCUT2D eigenvalue weighted by Gasteiger charge is 2.14. The molecule has 0 unspecified atom stereocenters. The summed E-state index contributed by atoms with van der Waals surface area (Å²) >= 11 is 0. The minimum Gasteiger partial charge on any atom is -0.396 e. The number of hydrogen-bond acceptors (Lipinski definition) is 3. The number of aliphatic hydroxyl groups excluding tert-OH is 1. The Kier molecular flexibility index (Phi) is 7.23. The van der Waals surface area contributed by atoms with Crippen LogP contribution in [0.1, 0.15) is 27.2 Å². The molecular weight excluding hydrogens is 166 g/mol. The highest BCUT2D eigenvalue weighted by atomic mass is 16.5. The molecule has 3 nitrogen and oxygen atoms in total. The highest BCUT2D eigenvalue weighted by molar-refractivity contribution is 4.69. The fraction of sp³-hybridized carbons (Fsp3) is 1.00. The quantitative estimate of drug-likeness (QED) is 0.560. The van der Waals surface area contributed by atoms with Crippen molar-refractivity contribution < 1.29 is 9.84 Å². The molecule has 0 aliphatic heterocycles. The molecule has 0 radical (unpaired) electrons. The lowest BCUT2D eigenvalue weighted by Gasteiger charge is -2.21. The van der Waals surface area contributed by atoms with E-state index in [4.69, 9.17) is 9.84 Å². The molecule has 3 heteroatoms. The van der Waals surface area contributed by atoms with Gasteiger partial charge in [0.15, 0.2) is 0 Å². The maximum absolute atomic E-state index is 8.96. The lowest BCUT2D eigenvalue weighted by molar-refractivity contribution is 0.125. The summed E-state index contributed by atoms with van der Waals surface area (Å²) in [5.74, 6) is 0. The minimum atomic E-state index is -0.0231. The van der Waals surface area contributed by atoms with Crippen molar-refractivity contribution in [2.75, 3.05) is 32.9 Å². The molecule has 13 heavy (non-hydrogen) atoms. The number of hydrogen-bond donors (Lipinski definition) is 2. The van der Waals surface area contributed by atoms with E-state index in [2.05, 4.69) is 12.2 Å². The molecule has 2 N–H and O–H groups in total. The van der Waals surface area contributed by atoms with Crippen LogP contribution in [0.5, 0.6) is 0 Å². The molecule has 80 valence electrons. The molecule has 0 atom stereocenters. The summed E-state index contributed by atoms with van der Waals surface area (Å²) in [6, 6.07) is 0. The molecule has 0 rings (SSSR count). The summed E-state index contributed by atoms with van der Waals surface area (Å²) in [7, 11) is 0. The molecule has 0 heterocycles. The summed E-state index contributed by atoms with van der Waals surface area (Å²) in [5, 5.41) is 12.2. The van der Waals surface area contributed by atoms with E-state index >= 15 is 0 Å². The fourth-order valence-electron chi connectivity index (χ4n) is 0.873. The van der Waals surface area contributed by atoms with Gasteiger partial charge in [0, 0.05) is 31.7 Å². The van der Waals surface area contributed by atoms with Crippen LogP contribution in [0.15, 0.2) is 0 Å². The van der Waals surface area contributed by atoms with E-state index in [9.17, 15) is 0 Å². The largest absolute Gasteiger partial charge is 0.396 e. The van der Waals surface area contributed by atoms with Crippen molar-refractivity contribution in [3.05, 3.63) is 0 Å². The van der Waals surface area contributed by atoms with Gasteiger partial charge in [-0.25, -0.2) is 0 Å². The first-order valence-corrected chi connectivity index (χ1v) is 5.01. The Morgan fingerprint density at radius 1 is 1.31 bits per heavy atom. The standard InChI is InChI=1S/C10H23NO2/c1-4-6-13-7-5-11-8-10(2,3)9-12/h11-12H,4-9H2,1-3H3. The van der Waals surface area contributed by atoms with Crippen molar-refractivity contribution in [2.24, 2.45) is 5.41 Å². The molecule has 0 aromatic heterocycles. The van der Waals surface area contributed by atoms with Gasteiger partial charge in [0.25, 0.3) is 0 Å². The van der Waals surface area contributed by atoms with Gasteiger partial charge in [0.2, 0.25) is 0 Å². The third kappa shape index (κ3) is 8.22. The number of aliphatic hydroxyl groups is 1. The Balaban J connectivity index is 3.16. The third-order valence-electron chi connectivity index (χ3n) is 1.80. The number of rotatable bonds is 8. The first-order chi connectivity index (χ1) is 6.12. The maximum atomic E-state index is 8.96. The van der Waals surface area contributed by atoms with Gasteiger partial charge in [0.05, 0.1) is 6.61 Å². The summed E-state index contributed by atoms with van der Waals surface area (Å²) in [6.45, 7) is 9.68. The van der Waals surface area contributed by atoms with Gasteiger partial charge in [-0.3, -0.25) is 0 Å². The van der Waals surface area contributed by atoms with Crippen LogP contribution in [-0.4, -0.2) is 38.0 Å². The van der Waals surface area contributed by atoms with Crippen LogP contribution >= 0.6 is 0 Å². The summed E-state index contributed by atoms with van der Waals surface area (Å²) < 4.78 is 5.31. The smallest absolute Gasteiger partial charge is 0.0590 e. The van der Waals surface area contributed by atoms with Crippen molar-refractivity contribution in [1.29, 1.82) is 0 Å². The van der Waals surface area contributed by atoms with Gasteiger partial charge in [0.1, 0.15) is 0 Å². The summed E-state index contributed by atoms with van der Waals surface area (Å²) in [4.78, 5) is 0. The molecule has 0 spiro atoms. The second kappa shape index (κ2) is 7.30. The van der Waals surface area contributed by atoms with E-state index < -0.39 is 0 Å². The predicted octanol–water partition coefficient (Wildman–Crippen LogP) is 1.02. The zero-order valence-corrected chi connectivity index (χ0v) is 9.10. The maximum Gasteiger partial charge on any atom is 0.0590 e. The van der Waals surface area contributed by atoms with Gasteiger partial charge < -0.3 is 15.2 Å². The van der Waals surface area contributed by atoms with E-state index in [1.165, 1.54) is 0 Å². The normalized spacial score (nSPS) is 12.0. The third-order valence-corrected chi connectivity index (χ3v) is 1.80. The lowest BCUT2D eigenvalue weighted by Crippen LogP contribution is -2.34. The highest BCUT2D eigenvalue weighted by Crippen LogP contribution is 2.10. The molecular formula is C10H23NO2. The summed E-state index contributed by atoms with van der Waals surface area (Å²) in [6.07, 6.45) is 1.07. The van der Waals surface area contributed by atoms with Crippen LogP contribution in [0.3, 0.4) is 0 Å². The SMILES string of the molecule is CCCOCCNCC(C)(C)CO. The van der Waals surface area contributed by atoms with Crippen LogP contribution < -0.4 is 5.32 Å². The van der Waals surface area contributed by atoms with E-state index in [1.807, 2.05) is 13.8 Å². The molecule has 0 fully saturated rings. The predicted molar refractivity (Wildman–Crippen MR) is 54.8 cm³/mol. The second-order valence-corrected chi connectivity index (χ2v) is 4.11. The van der Waals surface area contributed by atoms with Gasteiger partial charge in [-0.2, -0.15) is 0 Å². The molecule has 0 saturated carbocycles. The molecule has 0 aromatic rings. The average molecular weight is 189 g/mol. The average Bonchev–Trinajstić information content (AvgIpc) is 2.11. The Hall–Kier alpha value is -0.120. The van der Waals surface area contributed by atoms with Gasteiger partial charge in [-0.1, -0.05) is 20.8 Å². The monoisotopic (exact) mass is 189 g/mol. The molecule has 0 aromatic carbocycles. The number of ether oxygens (including phenoxy) is 1. The van der Waals surface area contributed by atoms with Crippen molar-refractivity contribution in [3.8, 4) is 0 Å². The Morgan fingerprint density at radius 2 is 2.00 bits per heavy atom. The molecule has 0 aliphatic rings. The zero-order valence-electron chi connectivity index (χ0n) is 9.10. The Morgan fingerprint density at radius 3 is 2.54 bits per heavy atom. The number of nitrogens with one attached hydrogen (secondary N) is 1. The summed E-state index contributed by atoms with van der Waals surface area (Å²) in [5.41, 5.74) is -0.0231. The Labute approximate surface area is 81.5 Å². The van der Waals surface area contributed by atoms with Crippen molar-refractivity contribution in [2.45, 2.75) is 27.2 Å². The lowest BCUT2D eigenvalue weighted by atomic mass is 9.95. The van der Waals surface area contributed by atoms with E-state index in [-0.39, 0.29) is 12.0 Å². The first-order valence-electron chi connectivity index (χ1n) is 5.01. The van der Waals surface area contributed by atoms with Gasteiger partial charge in [-0.15, -0.1) is 0 Å². The minimum absolute atomic E-state index is 0.0231. The zero-order chi connectivity index (χ0) is 10.2. The first kappa shape index (κ1) is 12.9. The molecule has 0 aliphatic carbocycles.